The minimum Gasteiger partial charge on any atom is -0.361 e. The third-order valence-corrected chi connectivity index (χ3v) is 3.09. The molecule has 0 unspecified atom stereocenters. The number of carbonyl (C=O) groups excluding carboxylic acids is 1. The van der Waals surface area contributed by atoms with Gasteiger partial charge in [0.2, 0.25) is 0 Å². The van der Waals surface area contributed by atoms with Crippen molar-refractivity contribution >= 4 is 11.5 Å². The Bertz CT molecular complexity index is 355. The topological polar surface area (TPSA) is 20.3 Å². The maximum Gasteiger partial charge on any atom is 0.152 e. The van der Waals surface area contributed by atoms with Crippen molar-refractivity contribution in [1.29, 1.82) is 0 Å². The highest BCUT2D eigenvalue weighted by molar-refractivity contribution is 5.85. The number of benzene rings is 1. The highest BCUT2D eigenvalue weighted by atomic mass is 16.1. The van der Waals surface area contributed by atoms with E-state index >= 15 is 0 Å². The van der Waals surface area contributed by atoms with Crippen LogP contribution in [0.3, 0.4) is 0 Å². The number of hydrogen-bond acceptors (Lipinski definition) is 2. The molecule has 1 aliphatic rings. The van der Waals surface area contributed by atoms with Crippen LogP contribution in [0, 0.1) is 6.92 Å². The molecular formula is C13H17NO. The molecule has 2 nitrogen and oxygen atoms in total. The van der Waals surface area contributed by atoms with Gasteiger partial charge in [-0.25, -0.2) is 0 Å². The van der Waals surface area contributed by atoms with Gasteiger partial charge in [-0.15, -0.1) is 0 Å². The lowest BCUT2D eigenvalue weighted by molar-refractivity contribution is -0.118. The molecule has 0 radical (unpaired) electrons. The summed E-state index contributed by atoms with van der Waals surface area (Å²) in [4.78, 5) is 13.7. The highest BCUT2D eigenvalue weighted by Gasteiger charge is 2.27. The molecule has 1 aromatic rings. The molecule has 0 amide bonds. The highest BCUT2D eigenvalue weighted by Crippen LogP contribution is 2.26. The molecule has 1 aromatic carbocycles. The Morgan fingerprint density at radius 1 is 1.33 bits per heavy atom. The molecule has 1 saturated heterocycles. The number of ketones is 1. The van der Waals surface area contributed by atoms with Gasteiger partial charge < -0.3 is 4.90 Å². The molecule has 0 aliphatic carbocycles. The number of Topliss-reactive ketones (excluding diaryl/α,β-unsaturated/α-hetero) is 1. The fourth-order valence-electron chi connectivity index (χ4n) is 2.23. The van der Waals surface area contributed by atoms with E-state index in [-0.39, 0.29) is 11.8 Å². The van der Waals surface area contributed by atoms with E-state index in [0.717, 1.165) is 19.4 Å². The van der Waals surface area contributed by atoms with Gasteiger partial charge in [-0.1, -0.05) is 17.7 Å². The molecule has 80 valence electrons. The maximum absolute atomic E-state index is 11.5. The van der Waals surface area contributed by atoms with Crippen molar-refractivity contribution in [3.63, 3.8) is 0 Å². The number of aryl methyl sites for hydroxylation is 1. The Hall–Kier alpha value is -1.31. The van der Waals surface area contributed by atoms with Crippen LogP contribution >= 0.6 is 0 Å². The summed E-state index contributed by atoms with van der Waals surface area (Å²) in [5, 5.41) is 0. The monoisotopic (exact) mass is 203 g/mol. The van der Waals surface area contributed by atoms with Crippen LogP contribution in [-0.2, 0) is 4.79 Å². The first-order valence-corrected chi connectivity index (χ1v) is 5.52. The third-order valence-electron chi connectivity index (χ3n) is 3.09. The van der Waals surface area contributed by atoms with E-state index in [1.807, 2.05) is 0 Å². The summed E-state index contributed by atoms with van der Waals surface area (Å²) in [6.45, 7) is 4.78. The number of nitrogens with zero attached hydrogens (tertiary/aromatic N) is 1. The minimum absolute atomic E-state index is 0.104. The summed E-state index contributed by atoms with van der Waals surface area (Å²) in [5.41, 5.74) is 2.44. The normalized spacial score (nSPS) is 20.7. The fraction of sp³-hybridized carbons (Fsp3) is 0.462. The van der Waals surface area contributed by atoms with E-state index < -0.39 is 0 Å². The van der Waals surface area contributed by atoms with Gasteiger partial charge in [0.25, 0.3) is 0 Å². The van der Waals surface area contributed by atoms with Crippen LogP contribution in [0.25, 0.3) is 0 Å². The van der Waals surface area contributed by atoms with Gasteiger partial charge in [0.15, 0.2) is 5.78 Å². The second kappa shape index (κ2) is 4.05. The van der Waals surface area contributed by atoms with Gasteiger partial charge in [-0.05, 0) is 38.8 Å². The Labute approximate surface area is 90.9 Å². The summed E-state index contributed by atoms with van der Waals surface area (Å²) in [6.07, 6.45) is 2.13. The third kappa shape index (κ3) is 2.04. The van der Waals surface area contributed by atoms with E-state index in [4.69, 9.17) is 0 Å². The van der Waals surface area contributed by atoms with Crippen molar-refractivity contribution in [3.8, 4) is 0 Å². The van der Waals surface area contributed by atoms with E-state index in [9.17, 15) is 4.79 Å². The van der Waals surface area contributed by atoms with Crippen LogP contribution in [0.2, 0.25) is 0 Å². The zero-order chi connectivity index (χ0) is 10.8. The number of carbonyl (C=O) groups is 1. The SMILES string of the molecule is CC(=O)[C@@H]1CCCN1c1ccc(C)cc1. The minimum atomic E-state index is 0.104. The van der Waals surface area contributed by atoms with Crippen LogP contribution in [-0.4, -0.2) is 18.4 Å². The summed E-state index contributed by atoms with van der Waals surface area (Å²) in [6, 6.07) is 8.52. The molecule has 1 heterocycles. The quantitative estimate of drug-likeness (QED) is 0.736. The Balaban J connectivity index is 2.22. The molecule has 1 aliphatic heterocycles. The van der Waals surface area contributed by atoms with Crippen LogP contribution in [0.5, 0.6) is 0 Å². The fourth-order valence-corrected chi connectivity index (χ4v) is 2.23. The maximum atomic E-state index is 11.5. The van der Waals surface area contributed by atoms with Crippen LogP contribution in [0.15, 0.2) is 24.3 Å². The second-order valence-corrected chi connectivity index (χ2v) is 4.30. The second-order valence-electron chi connectivity index (χ2n) is 4.30. The summed E-state index contributed by atoms with van der Waals surface area (Å²) >= 11 is 0. The molecule has 15 heavy (non-hydrogen) atoms. The summed E-state index contributed by atoms with van der Waals surface area (Å²) < 4.78 is 0. The van der Waals surface area contributed by atoms with Crippen molar-refractivity contribution in [2.75, 3.05) is 11.4 Å². The zero-order valence-corrected chi connectivity index (χ0v) is 9.36. The predicted molar refractivity (Wildman–Crippen MR) is 62.2 cm³/mol. The number of hydrogen-bond donors (Lipinski definition) is 0. The molecule has 2 heteroatoms. The lowest BCUT2D eigenvalue weighted by atomic mass is 10.1. The number of anilines is 1. The molecule has 0 bridgehead atoms. The van der Waals surface area contributed by atoms with Crippen LogP contribution in [0.4, 0.5) is 5.69 Å². The summed E-state index contributed by atoms with van der Waals surface area (Å²) in [7, 11) is 0. The van der Waals surface area contributed by atoms with Crippen LogP contribution in [0.1, 0.15) is 25.3 Å². The molecule has 0 N–H and O–H groups in total. The Kier molecular flexibility index (Phi) is 2.76. The van der Waals surface area contributed by atoms with Crippen molar-refractivity contribution in [2.24, 2.45) is 0 Å². The first kappa shape index (κ1) is 10.2. The first-order chi connectivity index (χ1) is 7.18. The average molecular weight is 203 g/mol. The predicted octanol–water partition coefficient (Wildman–Crippen LogP) is 2.55. The zero-order valence-electron chi connectivity index (χ0n) is 9.36. The molecule has 1 fully saturated rings. The smallest absolute Gasteiger partial charge is 0.152 e. The van der Waals surface area contributed by atoms with Gasteiger partial charge in [0, 0.05) is 12.2 Å². The summed E-state index contributed by atoms with van der Waals surface area (Å²) in [5.74, 6) is 0.285. The van der Waals surface area contributed by atoms with Crippen molar-refractivity contribution in [3.05, 3.63) is 29.8 Å². The Morgan fingerprint density at radius 3 is 2.60 bits per heavy atom. The first-order valence-electron chi connectivity index (χ1n) is 5.52. The molecule has 1 atom stereocenters. The molecule has 2 rings (SSSR count). The van der Waals surface area contributed by atoms with Crippen LogP contribution < -0.4 is 4.90 Å². The largest absolute Gasteiger partial charge is 0.361 e. The van der Waals surface area contributed by atoms with Gasteiger partial charge in [0.1, 0.15) is 0 Å². The van der Waals surface area contributed by atoms with Gasteiger partial charge >= 0.3 is 0 Å². The van der Waals surface area contributed by atoms with Gasteiger partial charge in [0.05, 0.1) is 6.04 Å². The van der Waals surface area contributed by atoms with Crippen molar-refractivity contribution in [2.45, 2.75) is 32.7 Å². The number of rotatable bonds is 2. The van der Waals surface area contributed by atoms with Crippen molar-refractivity contribution in [1.82, 2.24) is 0 Å². The molecular weight excluding hydrogens is 186 g/mol. The molecule has 0 spiro atoms. The standard InChI is InChI=1S/C13H17NO/c1-10-5-7-12(8-6-10)14-9-3-4-13(14)11(2)15/h5-8,13H,3-4,9H2,1-2H3/t13-/m0/s1. The van der Waals surface area contributed by atoms with E-state index in [1.165, 1.54) is 11.3 Å². The lowest BCUT2D eigenvalue weighted by Crippen LogP contribution is -2.34. The lowest BCUT2D eigenvalue weighted by Gasteiger charge is -2.24. The Morgan fingerprint density at radius 2 is 2.00 bits per heavy atom. The van der Waals surface area contributed by atoms with Gasteiger partial charge in [-0.2, -0.15) is 0 Å². The van der Waals surface area contributed by atoms with Gasteiger partial charge in [-0.3, -0.25) is 4.79 Å². The van der Waals surface area contributed by atoms with E-state index in [1.54, 1.807) is 6.92 Å². The average Bonchev–Trinajstić information content (AvgIpc) is 2.67. The molecule has 0 aromatic heterocycles. The van der Waals surface area contributed by atoms with E-state index in [0.29, 0.717) is 0 Å². The van der Waals surface area contributed by atoms with Crippen molar-refractivity contribution < 1.29 is 4.79 Å². The molecule has 0 saturated carbocycles. The van der Waals surface area contributed by atoms with E-state index in [2.05, 4.69) is 36.1 Å².